The highest BCUT2D eigenvalue weighted by Crippen LogP contribution is 2.15. The van der Waals surface area contributed by atoms with Gasteiger partial charge in [0.1, 0.15) is 11.1 Å². The second-order valence-electron chi connectivity index (χ2n) is 5.27. The van der Waals surface area contributed by atoms with Gasteiger partial charge >= 0.3 is 0 Å². The summed E-state index contributed by atoms with van der Waals surface area (Å²) in [5, 5.41) is 9.08. The van der Waals surface area contributed by atoms with Gasteiger partial charge in [0, 0.05) is 6.07 Å². The highest BCUT2D eigenvalue weighted by Gasteiger charge is 2.31. The third-order valence-electron chi connectivity index (χ3n) is 3.40. The molecule has 120 valence electrons. The van der Waals surface area contributed by atoms with Gasteiger partial charge in [0.2, 0.25) is 5.91 Å². The van der Waals surface area contributed by atoms with Gasteiger partial charge in [-0.05, 0) is 43.2 Å². The Morgan fingerprint density at radius 1 is 1.36 bits per heavy atom. The van der Waals surface area contributed by atoms with Crippen molar-refractivity contribution in [3.8, 4) is 0 Å². The summed E-state index contributed by atoms with van der Waals surface area (Å²) in [6.45, 7) is 5.07. The van der Waals surface area contributed by atoms with Crippen LogP contribution in [0.4, 0.5) is 5.82 Å². The standard InChI is InChI=1S/C14H19N3O3S2/c1-10(2)22(19,20)11(3)14(18)16-13-4-6-15-17(13)8-12-5-7-21-9-12/h4-7,9-11H,8H2,1-3H3,(H,16,18). The number of nitrogens with one attached hydrogen (secondary N) is 1. The third-order valence-corrected chi connectivity index (χ3v) is 6.65. The van der Waals surface area contributed by atoms with Crippen LogP contribution in [0.3, 0.4) is 0 Å². The number of anilines is 1. The largest absolute Gasteiger partial charge is 0.310 e. The predicted octanol–water partition coefficient (Wildman–Crippen LogP) is 2.14. The molecule has 0 saturated carbocycles. The molecule has 1 atom stereocenters. The molecule has 0 aliphatic carbocycles. The van der Waals surface area contributed by atoms with Gasteiger partial charge in [-0.2, -0.15) is 16.4 Å². The van der Waals surface area contributed by atoms with Crippen molar-refractivity contribution in [2.24, 2.45) is 0 Å². The van der Waals surface area contributed by atoms with Crippen LogP contribution in [0, 0.1) is 0 Å². The van der Waals surface area contributed by atoms with Crippen molar-refractivity contribution in [1.29, 1.82) is 0 Å². The molecular formula is C14H19N3O3S2. The first kappa shape index (κ1) is 16.7. The molecule has 0 aliphatic rings. The normalized spacial score (nSPS) is 13.3. The molecule has 1 unspecified atom stereocenters. The number of carbonyl (C=O) groups excluding carboxylic acids is 1. The van der Waals surface area contributed by atoms with Crippen LogP contribution in [0.2, 0.25) is 0 Å². The maximum Gasteiger partial charge on any atom is 0.243 e. The van der Waals surface area contributed by atoms with Gasteiger partial charge in [0.15, 0.2) is 9.84 Å². The van der Waals surface area contributed by atoms with Gasteiger partial charge < -0.3 is 5.32 Å². The molecule has 8 heteroatoms. The minimum Gasteiger partial charge on any atom is -0.310 e. The van der Waals surface area contributed by atoms with E-state index in [1.165, 1.54) is 6.92 Å². The maximum absolute atomic E-state index is 12.2. The number of hydrogen-bond acceptors (Lipinski definition) is 5. The maximum atomic E-state index is 12.2. The lowest BCUT2D eigenvalue weighted by Crippen LogP contribution is -2.37. The van der Waals surface area contributed by atoms with Crippen molar-refractivity contribution in [2.45, 2.75) is 37.8 Å². The summed E-state index contributed by atoms with van der Waals surface area (Å²) in [5.41, 5.74) is 1.08. The SMILES string of the molecule is CC(C)S(=O)(=O)C(C)C(=O)Nc1ccnn1Cc1ccsc1. The van der Waals surface area contributed by atoms with Crippen LogP contribution >= 0.6 is 11.3 Å². The van der Waals surface area contributed by atoms with Crippen molar-refractivity contribution in [3.63, 3.8) is 0 Å². The van der Waals surface area contributed by atoms with E-state index in [0.29, 0.717) is 12.4 Å². The van der Waals surface area contributed by atoms with Gasteiger partial charge in [-0.3, -0.25) is 4.79 Å². The molecule has 2 heterocycles. The molecule has 1 N–H and O–H groups in total. The Hall–Kier alpha value is -1.67. The molecule has 22 heavy (non-hydrogen) atoms. The van der Waals surface area contributed by atoms with Crippen molar-refractivity contribution in [3.05, 3.63) is 34.7 Å². The van der Waals surface area contributed by atoms with E-state index in [1.807, 2.05) is 16.8 Å². The third kappa shape index (κ3) is 3.56. The first-order chi connectivity index (χ1) is 10.3. The molecule has 0 bridgehead atoms. The van der Waals surface area contributed by atoms with E-state index in [2.05, 4.69) is 10.4 Å². The Kier molecular flexibility index (Phi) is 5.02. The van der Waals surface area contributed by atoms with Crippen molar-refractivity contribution < 1.29 is 13.2 Å². The number of nitrogens with zero attached hydrogens (tertiary/aromatic N) is 2. The summed E-state index contributed by atoms with van der Waals surface area (Å²) in [6.07, 6.45) is 1.57. The highest BCUT2D eigenvalue weighted by atomic mass is 32.2. The van der Waals surface area contributed by atoms with Gasteiger partial charge in [-0.1, -0.05) is 0 Å². The van der Waals surface area contributed by atoms with Crippen molar-refractivity contribution in [2.75, 3.05) is 5.32 Å². The van der Waals surface area contributed by atoms with Gasteiger partial charge in [-0.25, -0.2) is 13.1 Å². The van der Waals surface area contributed by atoms with Gasteiger partial charge in [0.25, 0.3) is 0 Å². The Morgan fingerprint density at radius 2 is 2.09 bits per heavy atom. The Labute approximate surface area is 134 Å². The molecule has 0 saturated heterocycles. The molecule has 0 radical (unpaired) electrons. The van der Waals surface area contributed by atoms with Crippen LogP contribution < -0.4 is 5.32 Å². The number of hydrogen-bond donors (Lipinski definition) is 1. The second kappa shape index (κ2) is 6.62. The minimum atomic E-state index is -3.48. The highest BCUT2D eigenvalue weighted by molar-refractivity contribution is 7.93. The summed E-state index contributed by atoms with van der Waals surface area (Å²) in [7, 11) is -3.48. The quantitative estimate of drug-likeness (QED) is 0.873. The molecule has 2 aromatic heterocycles. The molecule has 0 aromatic carbocycles. The summed E-state index contributed by atoms with van der Waals surface area (Å²) in [5.74, 6) is -0.0530. The number of rotatable bonds is 6. The first-order valence-corrected chi connectivity index (χ1v) is 9.44. The number of carbonyl (C=O) groups is 1. The molecule has 0 fully saturated rings. The Balaban J connectivity index is 2.11. The minimum absolute atomic E-state index is 0.488. The van der Waals surface area contributed by atoms with E-state index in [-0.39, 0.29) is 0 Å². The van der Waals surface area contributed by atoms with E-state index in [4.69, 9.17) is 0 Å². The van der Waals surface area contributed by atoms with E-state index in [9.17, 15) is 13.2 Å². The van der Waals surface area contributed by atoms with Crippen LogP contribution in [0.15, 0.2) is 29.1 Å². The summed E-state index contributed by atoms with van der Waals surface area (Å²) >= 11 is 1.58. The summed E-state index contributed by atoms with van der Waals surface area (Å²) in [6, 6.07) is 3.63. The topological polar surface area (TPSA) is 81.1 Å². The zero-order valence-corrected chi connectivity index (χ0v) is 14.3. The van der Waals surface area contributed by atoms with Gasteiger partial charge in [-0.15, -0.1) is 0 Å². The predicted molar refractivity (Wildman–Crippen MR) is 87.8 cm³/mol. The van der Waals surface area contributed by atoms with E-state index >= 15 is 0 Å². The van der Waals surface area contributed by atoms with Crippen LogP contribution in [0.5, 0.6) is 0 Å². The van der Waals surface area contributed by atoms with E-state index in [1.54, 1.807) is 42.1 Å². The molecule has 0 spiro atoms. The lowest BCUT2D eigenvalue weighted by Gasteiger charge is -2.16. The van der Waals surface area contributed by atoms with Crippen molar-refractivity contribution in [1.82, 2.24) is 9.78 Å². The number of thiophene rings is 1. The van der Waals surface area contributed by atoms with Crippen molar-refractivity contribution >= 4 is 32.9 Å². The number of sulfone groups is 1. The van der Waals surface area contributed by atoms with Crippen LogP contribution in [0.1, 0.15) is 26.3 Å². The molecule has 0 aliphatic heterocycles. The van der Waals surface area contributed by atoms with Gasteiger partial charge in [0.05, 0.1) is 18.0 Å². The van der Waals surface area contributed by atoms with E-state index in [0.717, 1.165) is 5.56 Å². The fourth-order valence-electron chi connectivity index (χ4n) is 1.91. The lowest BCUT2D eigenvalue weighted by atomic mass is 10.3. The molecule has 6 nitrogen and oxygen atoms in total. The molecule has 2 rings (SSSR count). The zero-order valence-electron chi connectivity index (χ0n) is 12.7. The average Bonchev–Trinajstić information content (AvgIpc) is 3.11. The number of amides is 1. The van der Waals surface area contributed by atoms with E-state index < -0.39 is 26.2 Å². The lowest BCUT2D eigenvalue weighted by molar-refractivity contribution is -0.115. The van der Waals surface area contributed by atoms with Crippen LogP contribution in [-0.2, 0) is 21.2 Å². The second-order valence-corrected chi connectivity index (χ2v) is 8.88. The average molecular weight is 341 g/mol. The Morgan fingerprint density at radius 3 is 2.68 bits per heavy atom. The summed E-state index contributed by atoms with van der Waals surface area (Å²) in [4.78, 5) is 12.2. The molecule has 1 amide bonds. The molecule has 2 aromatic rings. The molecular weight excluding hydrogens is 322 g/mol. The zero-order chi connectivity index (χ0) is 16.3. The van der Waals surface area contributed by atoms with Crippen LogP contribution in [-0.4, -0.2) is 34.6 Å². The van der Waals surface area contributed by atoms with Crippen LogP contribution in [0.25, 0.3) is 0 Å². The first-order valence-electron chi connectivity index (χ1n) is 6.89. The smallest absolute Gasteiger partial charge is 0.243 e. The monoisotopic (exact) mass is 341 g/mol. The summed E-state index contributed by atoms with van der Waals surface area (Å²) < 4.78 is 25.8. The number of aromatic nitrogens is 2. The fraction of sp³-hybridized carbons (Fsp3) is 0.429. The fourth-order valence-corrected chi connectivity index (χ4v) is 3.74. The Bertz CT molecular complexity index is 733.